The van der Waals surface area contributed by atoms with E-state index in [9.17, 15) is 14.7 Å². The summed E-state index contributed by atoms with van der Waals surface area (Å²) >= 11 is 6.38. The number of amides is 1. The molecule has 3 aromatic carbocycles. The third-order valence-electron chi connectivity index (χ3n) is 6.92. The van der Waals surface area contributed by atoms with Crippen LogP contribution in [0.1, 0.15) is 56.0 Å². The molecular weight excluding hydrogens is 530 g/mol. The fourth-order valence-electron chi connectivity index (χ4n) is 4.84. The molecule has 0 radical (unpaired) electrons. The van der Waals surface area contributed by atoms with Gasteiger partial charge in [0, 0.05) is 12.6 Å². The molecule has 0 bridgehead atoms. The van der Waals surface area contributed by atoms with Gasteiger partial charge in [-0.25, -0.2) is 0 Å². The molecule has 1 aliphatic heterocycles. The average molecular weight is 564 g/mol. The molecule has 1 atom stereocenters. The Balaban J connectivity index is 1.90. The zero-order valence-corrected chi connectivity index (χ0v) is 24.3. The van der Waals surface area contributed by atoms with Crippen LogP contribution in [0.5, 0.6) is 17.2 Å². The number of methoxy groups -OCH3 is 2. The van der Waals surface area contributed by atoms with Gasteiger partial charge in [0.1, 0.15) is 23.0 Å². The number of halogens is 1. The van der Waals surface area contributed by atoms with Crippen molar-refractivity contribution in [2.75, 3.05) is 20.8 Å². The van der Waals surface area contributed by atoms with Crippen LogP contribution in [-0.4, -0.2) is 42.5 Å². The van der Waals surface area contributed by atoms with Gasteiger partial charge < -0.3 is 24.2 Å². The minimum Gasteiger partial charge on any atom is -0.507 e. The predicted molar refractivity (Wildman–Crippen MR) is 155 cm³/mol. The number of carbonyl (C=O) groups excluding carboxylic acids is 2. The molecule has 1 amide bonds. The van der Waals surface area contributed by atoms with E-state index >= 15 is 0 Å². The van der Waals surface area contributed by atoms with Crippen molar-refractivity contribution in [3.05, 3.63) is 93.5 Å². The number of benzene rings is 3. The fraction of sp³-hybridized carbons (Fsp3) is 0.312. The van der Waals surface area contributed by atoms with Gasteiger partial charge in [-0.05, 0) is 47.2 Å². The molecular formula is C32H34ClNO6. The Labute approximate surface area is 239 Å². The first-order valence-electron chi connectivity index (χ1n) is 13.0. The SMILES string of the molecule is CCOc1cccc(CN2C(=O)C(=O)/C(=C(/O)c3cc(Cl)c(OC)cc3OC)C2c2ccc(C(C)(C)C)cc2)c1. The summed E-state index contributed by atoms with van der Waals surface area (Å²) in [7, 11) is 2.90. The highest BCUT2D eigenvalue weighted by Gasteiger charge is 2.46. The van der Waals surface area contributed by atoms with Crippen LogP contribution in [-0.2, 0) is 21.5 Å². The van der Waals surface area contributed by atoms with Gasteiger partial charge in [0.15, 0.2) is 0 Å². The van der Waals surface area contributed by atoms with Crippen molar-refractivity contribution >= 4 is 29.1 Å². The van der Waals surface area contributed by atoms with Crippen LogP contribution >= 0.6 is 11.6 Å². The number of ether oxygens (including phenoxy) is 3. The van der Waals surface area contributed by atoms with E-state index in [2.05, 4.69) is 20.8 Å². The Hall–Kier alpha value is -3.97. The highest BCUT2D eigenvalue weighted by molar-refractivity contribution is 6.46. The van der Waals surface area contributed by atoms with Crippen LogP contribution in [0.4, 0.5) is 0 Å². The molecule has 3 aromatic rings. The first kappa shape index (κ1) is 29.0. The number of likely N-dealkylation sites (tertiary alicyclic amines) is 1. The number of Topliss-reactive ketones (excluding diaryl/α,β-unsaturated/α-hetero) is 1. The highest BCUT2D eigenvalue weighted by atomic mass is 35.5. The monoisotopic (exact) mass is 563 g/mol. The molecule has 0 aliphatic carbocycles. The number of aliphatic hydroxyl groups is 1. The van der Waals surface area contributed by atoms with E-state index < -0.39 is 17.7 Å². The predicted octanol–water partition coefficient (Wildman–Crippen LogP) is 6.68. The molecule has 8 heteroatoms. The highest BCUT2D eigenvalue weighted by Crippen LogP contribution is 2.44. The molecule has 0 aromatic heterocycles. The standard InChI is InChI=1S/C32H34ClNO6/c1-7-40-22-10-8-9-19(15-22)18-34-28(20-11-13-21(14-12-20)32(2,3)4)27(30(36)31(34)37)29(35)23-16-24(33)26(39-6)17-25(23)38-5/h8-17,28,35H,7,18H2,1-6H3/b29-27+. The molecule has 210 valence electrons. The molecule has 1 aliphatic rings. The number of carbonyl (C=O) groups is 2. The lowest BCUT2D eigenvalue weighted by molar-refractivity contribution is -0.140. The summed E-state index contributed by atoms with van der Waals surface area (Å²) in [4.78, 5) is 28.6. The van der Waals surface area contributed by atoms with Crippen molar-refractivity contribution in [1.29, 1.82) is 0 Å². The Morgan fingerprint density at radius 2 is 1.65 bits per heavy atom. The minimum absolute atomic E-state index is 0.0472. The second kappa shape index (κ2) is 11.6. The van der Waals surface area contributed by atoms with E-state index in [0.717, 1.165) is 11.1 Å². The van der Waals surface area contributed by atoms with E-state index in [1.54, 1.807) is 0 Å². The largest absolute Gasteiger partial charge is 0.507 e. The van der Waals surface area contributed by atoms with Gasteiger partial charge in [-0.15, -0.1) is 0 Å². The number of nitrogens with zero attached hydrogens (tertiary/aromatic N) is 1. The Morgan fingerprint density at radius 3 is 2.25 bits per heavy atom. The quantitative estimate of drug-likeness (QED) is 0.187. The third kappa shape index (κ3) is 5.65. The summed E-state index contributed by atoms with van der Waals surface area (Å²) in [5, 5.41) is 11.8. The molecule has 4 rings (SSSR count). The van der Waals surface area contributed by atoms with E-state index in [0.29, 0.717) is 23.7 Å². The van der Waals surface area contributed by atoms with Crippen molar-refractivity contribution in [3.63, 3.8) is 0 Å². The van der Waals surface area contributed by atoms with Gasteiger partial charge in [0.05, 0.1) is 43.0 Å². The molecule has 0 saturated carbocycles. The van der Waals surface area contributed by atoms with Crippen molar-refractivity contribution in [2.45, 2.75) is 45.7 Å². The molecule has 1 heterocycles. The summed E-state index contributed by atoms with van der Waals surface area (Å²) in [5.74, 6) is -0.630. The lowest BCUT2D eigenvalue weighted by Gasteiger charge is -2.27. The smallest absolute Gasteiger partial charge is 0.295 e. The van der Waals surface area contributed by atoms with Crippen LogP contribution in [0, 0.1) is 0 Å². The Kier molecular flexibility index (Phi) is 8.45. The van der Waals surface area contributed by atoms with Gasteiger partial charge in [-0.2, -0.15) is 0 Å². The maximum atomic E-state index is 13.6. The van der Waals surface area contributed by atoms with Crippen molar-refractivity contribution in [1.82, 2.24) is 4.90 Å². The zero-order valence-electron chi connectivity index (χ0n) is 23.6. The summed E-state index contributed by atoms with van der Waals surface area (Å²) < 4.78 is 16.4. The van der Waals surface area contributed by atoms with Gasteiger partial charge in [0.2, 0.25) is 0 Å². The first-order chi connectivity index (χ1) is 19.0. The second-order valence-corrected chi connectivity index (χ2v) is 11.0. The minimum atomic E-state index is -0.852. The summed E-state index contributed by atoms with van der Waals surface area (Å²) in [6.45, 7) is 8.86. The van der Waals surface area contributed by atoms with Crippen molar-refractivity contribution < 1.29 is 28.9 Å². The fourth-order valence-corrected chi connectivity index (χ4v) is 5.08. The lowest BCUT2D eigenvalue weighted by atomic mass is 9.85. The van der Waals surface area contributed by atoms with Crippen molar-refractivity contribution in [3.8, 4) is 17.2 Å². The van der Waals surface area contributed by atoms with Gasteiger partial charge in [-0.3, -0.25) is 9.59 Å². The average Bonchev–Trinajstić information content (AvgIpc) is 3.17. The molecule has 0 spiro atoms. The van der Waals surface area contributed by atoms with E-state index in [1.165, 1.54) is 31.3 Å². The van der Waals surface area contributed by atoms with E-state index in [4.69, 9.17) is 25.8 Å². The number of hydrogen-bond acceptors (Lipinski definition) is 6. The number of ketones is 1. The first-order valence-corrected chi connectivity index (χ1v) is 13.4. The summed E-state index contributed by atoms with van der Waals surface area (Å²) in [5.41, 5.74) is 2.62. The summed E-state index contributed by atoms with van der Waals surface area (Å²) in [6, 6.07) is 17.3. The van der Waals surface area contributed by atoms with Crippen LogP contribution in [0.15, 0.2) is 66.2 Å². The van der Waals surface area contributed by atoms with Crippen molar-refractivity contribution in [2.24, 2.45) is 0 Å². The molecule has 1 fully saturated rings. The van der Waals surface area contributed by atoms with E-state index in [1.807, 2.05) is 55.5 Å². The topological polar surface area (TPSA) is 85.3 Å². The molecule has 1 unspecified atom stereocenters. The lowest BCUT2D eigenvalue weighted by Crippen LogP contribution is -2.29. The Bertz CT molecular complexity index is 1460. The Morgan fingerprint density at radius 1 is 0.975 bits per heavy atom. The number of rotatable bonds is 8. The maximum Gasteiger partial charge on any atom is 0.295 e. The molecule has 1 N–H and O–H groups in total. The second-order valence-electron chi connectivity index (χ2n) is 10.6. The third-order valence-corrected chi connectivity index (χ3v) is 7.22. The maximum absolute atomic E-state index is 13.6. The van der Waals surface area contributed by atoms with E-state index in [-0.39, 0.29) is 39.6 Å². The number of hydrogen-bond donors (Lipinski definition) is 1. The van der Waals surface area contributed by atoms with Crippen LogP contribution in [0.25, 0.3) is 5.76 Å². The summed E-state index contributed by atoms with van der Waals surface area (Å²) in [6.07, 6.45) is 0. The number of aliphatic hydroxyl groups excluding tert-OH is 1. The van der Waals surface area contributed by atoms with Crippen LogP contribution in [0.2, 0.25) is 5.02 Å². The van der Waals surface area contributed by atoms with Gasteiger partial charge >= 0.3 is 0 Å². The molecule has 7 nitrogen and oxygen atoms in total. The normalized spacial score (nSPS) is 16.8. The van der Waals surface area contributed by atoms with Gasteiger partial charge in [0.25, 0.3) is 11.7 Å². The van der Waals surface area contributed by atoms with Crippen LogP contribution < -0.4 is 14.2 Å². The van der Waals surface area contributed by atoms with Crippen LogP contribution in [0.3, 0.4) is 0 Å². The molecule has 1 saturated heterocycles. The molecule has 40 heavy (non-hydrogen) atoms. The van der Waals surface area contributed by atoms with Gasteiger partial charge in [-0.1, -0.05) is 68.8 Å². The zero-order chi connectivity index (χ0) is 29.2.